The van der Waals surface area contributed by atoms with Gasteiger partial charge in [-0.2, -0.15) is 0 Å². The number of halogens is 3. The van der Waals surface area contributed by atoms with Crippen molar-refractivity contribution >= 4 is 28.3 Å². The molecular formula is C14H21BrClFN2. The van der Waals surface area contributed by atoms with Crippen LogP contribution in [0.3, 0.4) is 0 Å². The van der Waals surface area contributed by atoms with Gasteiger partial charge in [0.1, 0.15) is 5.82 Å². The van der Waals surface area contributed by atoms with Crippen molar-refractivity contribution in [1.29, 1.82) is 0 Å². The number of benzene rings is 1. The van der Waals surface area contributed by atoms with E-state index >= 15 is 0 Å². The molecule has 1 heterocycles. The molecule has 1 aromatic carbocycles. The van der Waals surface area contributed by atoms with Gasteiger partial charge in [-0.05, 0) is 66.0 Å². The molecule has 1 fully saturated rings. The molecule has 1 unspecified atom stereocenters. The summed E-state index contributed by atoms with van der Waals surface area (Å²) in [6.07, 6.45) is 4.78. The van der Waals surface area contributed by atoms with E-state index in [0.717, 1.165) is 31.6 Å². The Balaban J connectivity index is 0.00000180. The maximum Gasteiger partial charge on any atom is 0.137 e. The molecule has 0 bridgehead atoms. The normalized spacial score (nSPS) is 20.1. The Hall–Kier alpha value is -0.160. The molecule has 1 aliphatic heterocycles. The lowest BCUT2D eigenvalue weighted by Gasteiger charge is -2.35. The van der Waals surface area contributed by atoms with Gasteiger partial charge in [0.25, 0.3) is 0 Å². The quantitative estimate of drug-likeness (QED) is 0.896. The third-order valence-corrected chi connectivity index (χ3v) is 4.26. The zero-order valence-corrected chi connectivity index (χ0v) is 13.4. The Morgan fingerprint density at radius 2 is 2.16 bits per heavy atom. The Kier molecular flexibility index (Phi) is 7.29. The molecule has 0 amide bonds. The fraction of sp³-hybridized carbons (Fsp3) is 0.571. The monoisotopic (exact) mass is 350 g/mol. The lowest BCUT2D eigenvalue weighted by Crippen LogP contribution is -2.40. The van der Waals surface area contributed by atoms with Crippen LogP contribution in [-0.2, 0) is 6.54 Å². The van der Waals surface area contributed by atoms with Crippen LogP contribution in [0.5, 0.6) is 0 Å². The van der Waals surface area contributed by atoms with Crippen molar-refractivity contribution in [2.24, 2.45) is 5.73 Å². The fourth-order valence-corrected chi connectivity index (χ4v) is 2.91. The second-order valence-corrected chi connectivity index (χ2v) is 5.80. The van der Waals surface area contributed by atoms with E-state index in [2.05, 4.69) is 20.8 Å². The molecule has 5 heteroatoms. The van der Waals surface area contributed by atoms with E-state index in [9.17, 15) is 4.39 Å². The summed E-state index contributed by atoms with van der Waals surface area (Å²) < 4.78 is 14.0. The average Bonchev–Trinajstić information content (AvgIpc) is 2.37. The van der Waals surface area contributed by atoms with E-state index in [-0.39, 0.29) is 18.2 Å². The van der Waals surface area contributed by atoms with Crippen molar-refractivity contribution < 1.29 is 4.39 Å². The molecule has 2 rings (SSSR count). The van der Waals surface area contributed by atoms with E-state index in [1.165, 1.54) is 19.3 Å². The maximum absolute atomic E-state index is 13.5. The average molecular weight is 352 g/mol. The Bertz CT molecular complexity index is 401. The van der Waals surface area contributed by atoms with Crippen LogP contribution in [0.4, 0.5) is 4.39 Å². The molecule has 0 saturated carbocycles. The summed E-state index contributed by atoms with van der Waals surface area (Å²) in [5, 5.41) is 0. The Morgan fingerprint density at radius 1 is 1.37 bits per heavy atom. The van der Waals surface area contributed by atoms with Gasteiger partial charge in [-0.15, -0.1) is 12.4 Å². The molecule has 2 nitrogen and oxygen atoms in total. The van der Waals surface area contributed by atoms with Crippen molar-refractivity contribution in [3.8, 4) is 0 Å². The van der Waals surface area contributed by atoms with Gasteiger partial charge in [0.15, 0.2) is 0 Å². The number of likely N-dealkylation sites (tertiary alicyclic amines) is 1. The highest BCUT2D eigenvalue weighted by molar-refractivity contribution is 9.10. The molecule has 0 spiro atoms. The molecule has 2 N–H and O–H groups in total. The molecule has 108 valence electrons. The zero-order valence-electron chi connectivity index (χ0n) is 10.9. The summed E-state index contributed by atoms with van der Waals surface area (Å²) in [6, 6.07) is 5.96. The molecule has 0 aliphatic carbocycles. The third-order valence-electron chi connectivity index (χ3n) is 3.62. The predicted molar refractivity (Wildman–Crippen MR) is 83.1 cm³/mol. The molecule has 0 aromatic heterocycles. The topological polar surface area (TPSA) is 29.3 Å². The van der Waals surface area contributed by atoms with Crippen LogP contribution in [0.15, 0.2) is 22.7 Å². The second kappa shape index (κ2) is 8.20. The first-order chi connectivity index (χ1) is 8.70. The van der Waals surface area contributed by atoms with E-state index in [1.807, 2.05) is 6.07 Å². The van der Waals surface area contributed by atoms with Crippen molar-refractivity contribution in [2.75, 3.05) is 13.1 Å². The van der Waals surface area contributed by atoms with Crippen LogP contribution < -0.4 is 5.73 Å². The highest BCUT2D eigenvalue weighted by Gasteiger charge is 2.21. The summed E-state index contributed by atoms with van der Waals surface area (Å²) in [4.78, 5) is 2.44. The van der Waals surface area contributed by atoms with Gasteiger partial charge < -0.3 is 5.73 Å². The van der Waals surface area contributed by atoms with E-state index < -0.39 is 0 Å². The standard InChI is InChI=1S/C14H20BrFN2.ClH/c15-13-5-4-11(9-14(13)16)10-18-8-2-1-3-12(18)6-7-17;/h4-5,9,12H,1-3,6-8,10,17H2;1H. The lowest BCUT2D eigenvalue weighted by molar-refractivity contribution is 0.134. The van der Waals surface area contributed by atoms with Crippen molar-refractivity contribution in [2.45, 2.75) is 38.3 Å². The Morgan fingerprint density at radius 3 is 2.84 bits per heavy atom. The fourth-order valence-electron chi connectivity index (χ4n) is 2.66. The van der Waals surface area contributed by atoms with Crippen LogP contribution in [0.25, 0.3) is 0 Å². The SMILES string of the molecule is Cl.NCCC1CCCCN1Cc1ccc(Br)c(F)c1. The summed E-state index contributed by atoms with van der Waals surface area (Å²) in [6.45, 7) is 2.66. The smallest absolute Gasteiger partial charge is 0.137 e. The number of rotatable bonds is 4. The predicted octanol–water partition coefficient (Wildman–Crippen LogP) is 3.71. The van der Waals surface area contributed by atoms with Crippen LogP contribution >= 0.6 is 28.3 Å². The van der Waals surface area contributed by atoms with Crippen molar-refractivity contribution in [3.63, 3.8) is 0 Å². The number of hydrogen-bond acceptors (Lipinski definition) is 2. The number of nitrogens with zero attached hydrogens (tertiary/aromatic N) is 1. The van der Waals surface area contributed by atoms with Gasteiger partial charge in [-0.1, -0.05) is 12.5 Å². The zero-order chi connectivity index (χ0) is 13.0. The largest absolute Gasteiger partial charge is 0.330 e. The Labute approximate surface area is 129 Å². The van der Waals surface area contributed by atoms with Gasteiger partial charge in [-0.3, -0.25) is 4.90 Å². The van der Waals surface area contributed by atoms with Gasteiger partial charge >= 0.3 is 0 Å². The lowest BCUT2D eigenvalue weighted by atomic mass is 9.98. The first kappa shape index (κ1) is 16.9. The van der Waals surface area contributed by atoms with Crippen LogP contribution in [0, 0.1) is 5.82 Å². The molecule has 1 aromatic rings. The van der Waals surface area contributed by atoms with Crippen LogP contribution in [-0.4, -0.2) is 24.0 Å². The highest BCUT2D eigenvalue weighted by Crippen LogP contribution is 2.23. The second-order valence-electron chi connectivity index (χ2n) is 4.95. The highest BCUT2D eigenvalue weighted by atomic mass is 79.9. The molecule has 19 heavy (non-hydrogen) atoms. The first-order valence-corrected chi connectivity index (χ1v) is 7.38. The summed E-state index contributed by atoms with van der Waals surface area (Å²) >= 11 is 3.19. The first-order valence-electron chi connectivity index (χ1n) is 6.58. The summed E-state index contributed by atoms with van der Waals surface area (Å²) in [5.74, 6) is -0.181. The number of hydrogen-bond donors (Lipinski definition) is 1. The van der Waals surface area contributed by atoms with Gasteiger partial charge in [0.05, 0.1) is 4.47 Å². The third kappa shape index (κ3) is 4.71. The van der Waals surface area contributed by atoms with Gasteiger partial charge in [-0.25, -0.2) is 4.39 Å². The summed E-state index contributed by atoms with van der Waals surface area (Å²) in [5.41, 5.74) is 6.71. The van der Waals surface area contributed by atoms with Gasteiger partial charge in [0, 0.05) is 12.6 Å². The van der Waals surface area contributed by atoms with Crippen LogP contribution in [0.2, 0.25) is 0 Å². The summed E-state index contributed by atoms with van der Waals surface area (Å²) in [7, 11) is 0. The molecular weight excluding hydrogens is 331 g/mol. The number of piperidine rings is 1. The number of nitrogens with two attached hydrogens (primary N) is 1. The molecule has 1 saturated heterocycles. The minimum absolute atomic E-state index is 0. The van der Waals surface area contributed by atoms with E-state index in [4.69, 9.17) is 5.73 Å². The molecule has 1 atom stereocenters. The van der Waals surface area contributed by atoms with E-state index in [0.29, 0.717) is 10.5 Å². The minimum atomic E-state index is -0.181. The van der Waals surface area contributed by atoms with Crippen molar-refractivity contribution in [1.82, 2.24) is 4.90 Å². The molecule has 0 radical (unpaired) electrons. The van der Waals surface area contributed by atoms with Gasteiger partial charge in [0.2, 0.25) is 0 Å². The van der Waals surface area contributed by atoms with Crippen LogP contribution in [0.1, 0.15) is 31.2 Å². The van der Waals surface area contributed by atoms with Crippen molar-refractivity contribution in [3.05, 3.63) is 34.1 Å². The molecule has 1 aliphatic rings. The minimum Gasteiger partial charge on any atom is -0.330 e. The maximum atomic E-state index is 13.5. The van der Waals surface area contributed by atoms with E-state index in [1.54, 1.807) is 12.1 Å².